The van der Waals surface area contributed by atoms with Crippen LogP contribution in [0, 0.1) is 0 Å². The Morgan fingerprint density at radius 2 is 1.69 bits per heavy atom. The highest BCUT2D eigenvalue weighted by atomic mass is 16.6. The van der Waals surface area contributed by atoms with Crippen molar-refractivity contribution < 1.29 is 23.4 Å². The van der Waals surface area contributed by atoms with Crippen LogP contribution < -0.4 is 9.47 Å². The smallest absolute Gasteiger partial charge is 0.344 e. The summed E-state index contributed by atoms with van der Waals surface area (Å²) >= 11 is 0. The molecule has 0 aliphatic carbocycles. The molecule has 0 saturated carbocycles. The molecule has 0 aliphatic rings. The Labute approximate surface area is 151 Å². The first-order valence-electron chi connectivity index (χ1n) is 8.26. The van der Waals surface area contributed by atoms with Crippen molar-refractivity contribution in [3.63, 3.8) is 0 Å². The number of benzene rings is 2. The predicted octanol–water partition coefficient (Wildman–Crippen LogP) is 3.86. The monoisotopic (exact) mass is 353 g/mol. The van der Waals surface area contributed by atoms with Crippen LogP contribution >= 0.6 is 0 Å². The first-order valence-corrected chi connectivity index (χ1v) is 8.26. The number of ether oxygens (including phenoxy) is 3. The van der Waals surface area contributed by atoms with Crippen molar-refractivity contribution in [2.24, 2.45) is 0 Å². The second kappa shape index (κ2) is 8.71. The van der Waals surface area contributed by atoms with Gasteiger partial charge in [0.1, 0.15) is 11.5 Å². The van der Waals surface area contributed by atoms with Crippen LogP contribution in [0.4, 0.5) is 0 Å². The fourth-order valence-electron chi connectivity index (χ4n) is 2.24. The Balaban J connectivity index is 1.45. The third kappa shape index (κ3) is 4.86. The molecule has 3 aromatic rings. The van der Waals surface area contributed by atoms with Crippen molar-refractivity contribution in [2.75, 3.05) is 13.2 Å². The maximum Gasteiger partial charge on any atom is 0.344 e. The summed E-state index contributed by atoms with van der Waals surface area (Å²) in [5.41, 5.74) is 0.913. The number of hydrogen-bond donors (Lipinski definition) is 0. The molecule has 0 radical (unpaired) electrons. The number of rotatable bonds is 8. The van der Waals surface area contributed by atoms with Crippen LogP contribution in [-0.2, 0) is 16.1 Å². The van der Waals surface area contributed by atoms with E-state index in [0.29, 0.717) is 24.0 Å². The van der Waals surface area contributed by atoms with E-state index in [0.717, 1.165) is 11.3 Å². The molecule has 0 spiro atoms. The van der Waals surface area contributed by atoms with Gasteiger partial charge in [-0.3, -0.25) is 0 Å². The molecule has 6 heteroatoms. The fraction of sp³-hybridized carbons (Fsp3) is 0.200. The molecular weight excluding hydrogens is 334 g/mol. The van der Waals surface area contributed by atoms with Gasteiger partial charge in [-0.2, -0.15) is 0 Å². The number of esters is 1. The first-order chi connectivity index (χ1) is 12.7. The summed E-state index contributed by atoms with van der Waals surface area (Å²) in [7, 11) is 0. The summed E-state index contributed by atoms with van der Waals surface area (Å²) in [6, 6.07) is 16.6. The van der Waals surface area contributed by atoms with Gasteiger partial charge < -0.3 is 18.6 Å². The Hall–Kier alpha value is -3.28. The summed E-state index contributed by atoms with van der Waals surface area (Å²) in [5.74, 6) is 1.77. The molecule has 1 heterocycles. The van der Waals surface area contributed by atoms with E-state index in [9.17, 15) is 4.79 Å². The zero-order valence-corrected chi connectivity index (χ0v) is 14.4. The van der Waals surface area contributed by atoms with E-state index in [2.05, 4.69) is 4.98 Å². The SMILES string of the molecule is CCOc1ccc(OCC(=O)OCc2ncc(-c3ccccc3)o2)cc1. The quantitative estimate of drug-likeness (QED) is 0.573. The van der Waals surface area contributed by atoms with Gasteiger partial charge in [0.2, 0.25) is 5.89 Å². The molecule has 1 aromatic heterocycles. The van der Waals surface area contributed by atoms with Gasteiger partial charge in [-0.25, -0.2) is 9.78 Å². The normalized spacial score (nSPS) is 10.3. The van der Waals surface area contributed by atoms with Gasteiger partial charge in [-0.15, -0.1) is 0 Å². The van der Waals surface area contributed by atoms with Crippen molar-refractivity contribution in [3.05, 3.63) is 66.7 Å². The molecule has 6 nitrogen and oxygen atoms in total. The number of carbonyl (C=O) groups is 1. The molecule has 3 rings (SSSR count). The van der Waals surface area contributed by atoms with Gasteiger partial charge in [-0.1, -0.05) is 30.3 Å². The van der Waals surface area contributed by atoms with E-state index < -0.39 is 5.97 Å². The lowest BCUT2D eigenvalue weighted by atomic mass is 10.2. The summed E-state index contributed by atoms with van der Waals surface area (Å²) in [4.78, 5) is 15.9. The zero-order chi connectivity index (χ0) is 18.2. The molecule has 2 aromatic carbocycles. The van der Waals surface area contributed by atoms with Crippen LogP contribution in [0.2, 0.25) is 0 Å². The molecule has 0 N–H and O–H groups in total. The van der Waals surface area contributed by atoms with Crippen molar-refractivity contribution in [1.82, 2.24) is 4.98 Å². The van der Waals surface area contributed by atoms with Crippen molar-refractivity contribution in [2.45, 2.75) is 13.5 Å². The fourth-order valence-corrected chi connectivity index (χ4v) is 2.24. The van der Waals surface area contributed by atoms with Gasteiger partial charge in [-0.05, 0) is 31.2 Å². The zero-order valence-electron chi connectivity index (χ0n) is 14.4. The highest BCUT2D eigenvalue weighted by Gasteiger charge is 2.10. The second-order valence-electron chi connectivity index (χ2n) is 5.34. The molecule has 134 valence electrons. The lowest BCUT2D eigenvalue weighted by molar-refractivity contribution is -0.148. The highest BCUT2D eigenvalue weighted by Crippen LogP contribution is 2.20. The largest absolute Gasteiger partial charge is 0.494 e. The number of carbonyl (C=O) groups excluding carboxylic acids is 1. The number of hydrogen-bond acceptors (Lipinski definition) is 6. The van der Waals surface area contributed by atoms with Crippen molar-refractivity contribution in [3.8, 4) is 22.8 Å². The molecular formula is C20H19NO5. The van der Waals surface area contributed by atoms with E-state index in [4.69, 9.17) is 18.6 Å². The third-order valence-electron chi connectivity index (χ3n) is 3.46. The standard InChI is InChI=1S/C20H19NO5/c1-2-23-16-8-10-17(11-9-16)24-14-20(22)25-13-19-21-12-18(26-19)15-6-4-3-5-7-15/h3-12H,2,13-14H2,1H3. The molecule has 0 atom stereocenters. The molecule has 0 saturated heterocycles. The van der Waals surface area contributed by atoms with Gasteiger partial charge in [0.15, 0.2) is 19.0 Å². The lowest BCUT2D eigenvalue weighted by Crippen LogP contribution is -2.14. The average Bonchev–Trinajstić information content (AvgIpc) is 3.16. The minimum absolute atomic E-state index is 0.0433. The molecule has 0 fully saturated rings. The van der Waals surface area contributed by atoms with Crippen LogP contribution in [0.3, 0.4) is 0 Å². The number of nitrogens with zero attached hydrogens (tertiary/aromatic N) is 1. The maximum atomic E-state index is 11.8. The molecule has 26 heavy (non-hydrogen) atoms. The van der Waals surface area contributed by atoms with E-state index in [-0.39, 0.29) is 13.2 Å². The van der Waals surface area contributed by atoms with Crippen molar-refractivity contribution in [1.29, 1.82) is 0 Å². The Kier molecular flexibility index (Phi) is 5.88. The number of oxazole rings is 1. The maximum absolute atomic E-state index is 11.8. The van der Waals surface area contributed by atoms with E-state index in [1.807, 2.05) is 37.3 Å². The van der Waals surface area contributed by atoms with Gasteiger partial charge >= 0.3 is 5.97 Å². The lowest BCUT2D eigenvalue weighted by Gasteiger charge is -2.07. The molecule has 0 amide bonds. The molecule has 0 unspecified atom stereocenters. The summed E-state index contributed by atoms with van der Waals surface area (Å²) in [6.45, 7) is 2.27. The van der Waals surface area contributed by atoms with E-state index >= 15 is 0 Å². The van der Waals surface area contributed by atoms with Crippen LogP contribution in [-0.4, -0.2) is 24.2 Å². The Morgan fingerprint density at radius 1 is 1.00 bits per heavy atom. The van der Waals surface area contributed by atoms with E-state index in [1.54, 1.807) is 30.5 Å². The predicted molar refractivity (Wildman–Crippen MR) is 94.8 cm³/mol. The van der Waals surface area contributed by atoms with Gasteiger partial charge in [0.25, 0.3) is 0 Å². The Bertz CT molecular complexity index is 827. The molecule has 0 bridgehead atoms. The van der Waals surface area contributed by atoms with E-state index in [1.165, 1.54) is 0 Å². The van der Waals surface area contributed by atoms with Gasteiger partial charge in [0.05, 0.1) is 12.8 Å². The van der Waals surface area contributed by atoms with Crippen LogP contribution in [0.15, 0.2) is 65.2 Å². The average molecular weight is 353 g/mol. The Morgan fingerprint density at radius 3 is 2.38 bits per heavy atom. The third-order valence-corrected chi connectivity index (χ3v) is 3.46. The summed E-state index contributed by atoms with van der Waals surface area (Å²) in [5, 5.41) is 0. The minimum Gasteiger partial charge on any atom is -0.494 e. The molecule has 0 aliphatic heterocycles. The van der Waals surface area contributed by atoms with Crippen LogP contribution in [0.5, 0.6) is 11.5 Å². The number of aromatic nitrogens is 1. The van der Waals surface area contributed by atoms with Crippen LogP contribution in [0.1, 0.15) is 12.8 Å². The van der Waals surface area contributed by atoms with Crippen molar-refractivity contribution >= 4 is 5.97 Å². The van der Waals surface area contributed by atoms with Crippen LogP contribution in [0.25, 0.3) is 11.3 Å². The first kappa shape index (κ1) is 17.5. The minimum atomic E-state index is -0.502. The summed E-state index contributed by atoms with van der Waals surface area (Å²) < 4.78 is 21.4. The highest BCUT2D eigenvalue weighted by molar-refractivity contribution is 5.71. The second-order valence-corrected chi connectivity index (χ2v) is 5.34. The van der Waals surface area contributed by atoms with Gasteiger partial charge in [0, 0.05) is 5.56 Å². The summed E-state index contributed by atoms with van der Waals surface area (Å²) in [6.07, 6.45) is 1.61. The topological polar surface area (TPSA) is 70.8 Å².